The van der Waals surface area contributed by atoms with Crippen LogP contribution < -0.4 is 0 Å². The van der Waals surface area contributed by atoms with Gasteiger partial charge in [0.15, 0.2) is 5.78 Å². The summed E-state index contributed by atoms with van der Waals surface area (Å²) in [5, 5.41) is 0. The fourth-order valence-corrected chi connectivity index (χ4v) is 1.93. The maximum absolute atomic E-state index is 11.9. The van der Waals surface area contributed by atoms with E-state index in [1.165, 1.54) is 0 Å². The average molecular weight is 216 g/mol. The van der Waals surface area contributed by atoms with Gasteiger partial charge in [-0.3, -0.25) is 9.59 Å². The molecule has 0 amide bonds. The first-order chi connectivity index (χ1) is 7.58. The number of hydrogen-bond donors (Lipinski definition) is 0. The van der Waals surface area contributed by atoms with Crippen molar-refractivity contribution in [1.82, 2.24) is 0 Å². The number of hydrogen-bond acceptors (Lipinski definition) is 2. The Kier molecular flexibility index (Phi) is 2.90. The van der Waals surface area contributed by atoms with E-state index < -0.39 is 0 Å². The van der Waals surface area contributed by atoms with Crippen LogP contribution in [-0.4, -0.2) is 11.6 Å². The molecule has 1 aliphatic carbocycles. The van der Waals surface area contributed by atoms with Gasteiger partial charge in [0.1, 0.15) is 5.78 Å². The molecule has 0 bridgehead atoms. The SMILES string of the molecule is Cc1ccc(C(=O)CC(=O)C2CC2)c(C)c1. The summed E-state index contributed by atoms with van der Waals surface area (Å²) in [5.74, 6) is 0.258. The summed E-state index contributed by atoms with van der Waals surface area (Å²) in [7, 11) is 0. The molecule has 2 rings (SSSR count). The third-order valence-electron chi connectivity index (χ3n) is 3.05. The van der Waals surface area contributed by atoms with Gasteiger partial charge >= 0.3 is 0 Å². The molecular formula is C14H16O2. The molecule has 0 unspecified atom stereocenters. The van der Waals surface area contributed by atoms with Crippen molar-refractivity contribution in [3.8, 4) is 0 Å². The first kappa shape index (κ1) is 11.1. The molecule has 16 heavy (non-hydrogen) atoms. The first-order valence-electron chi connectivity index (χ1n) is 5.71. The zero-order valence-corrected chi connectivity index (χ0v) is 9.75. The number of Topliss-reactive ketones (excluding diaryl/α,β-unsaturated/α-hetero) is 2. The molecule has 1 aromatic rings. The molecule has 0 heterocycles. The van der Waals surface area contributed by atoms with E-state index in [1.54, 1.807) is 0 Å². The Morgan fingerprint density at radius 1 is 1.25 bits per heavy atom. The molecule has 0 aromatic heterocycles. The van der Waals surface area contributed by atoms with Crippen LogP contribution in [0, 0.1) is 19.8 Å². The molecule has 0 radical (unpaired) electrons. The van der Waals surface area contributed by atoms with E-state index in [4.69, 9.17) is 0 Å². The van der Waals surface area contributed by atoms with Gasteiger partial charge in [-0.2, -0.15) is 0 Å². The molecule has 0 atom stereocenters. The third-order valence-corrected chi connectivity index (χ3v) is 3.05. The van der Waals surface area contributed by atoms with E-state index in [1.807, 2.05) is 32.0 Å². The highest BCUT2D eigenvalue weighted by molar-refractivity contribution is 6.09. The number of benzene rings is 1. The summed E-state index contributed by atoms with van der Waals surface area (Å²) in [4.78, 5) is 23.4. The number of ketones is 2. The zero-order valence-electron chi connectivity index (χ0n) is 9.75. The standard InChI is InChI=1S/C14H16O2/c1-9-3-6-12(10(2)7-9)14(16)8-13(15)11-4-5-11/h3,6-7,11H,4-5,8H2,1-2H3. The van der Waals surface area contributed by atoms with Crippen molar-refractivity contribution in [3.63, 3.8) is 0 Å². The van der Waals surface area contributed by atoms with E-state index in [9.17, 15) is 9.59 Å². The van der Waals surface area contributed by atoms with E-state index in [-0.39, 0.29) is 23.9 Å². The monoisotopic (exact) mass is 216 g/mol. The van der Waals surface area contributed by atoms with Crippen LogP contribution in [0.15, 0.2) is 18.2 Å². The fraction of sp³-hybridized carbons (Fsp3) is 0.429. The Morgan fingerprint density at radius 3 is 2.50 bits per heavy atom. The van der Waals surface area contributed by atoms with Gasteiger partial charge in [0.25, 0.3) is 0 Å². The Labute approximate surface area is 95.7 Å². The largest absolute Gasteiger partial charge is 0.299 e. The summed E-state index contributed by atoms with van der Waals surface area (Å²) in [6.07, 6.45) is 2.02. The molecule has 0 aliphatic heterocycles. The van der Waals surface area contributed by atoms with E-state index in [0.29, 0.717) is 5.56 Å². The summed E-state index contributed by atoms with van der Waals surface area (Å²) >= 11 is 0. The van der Waals surface area contributed by atoms with Gasteiger partial charge in [0.05, 0.1) is 6.42 Å². The van der Waals surface area contributed by atoms with Crippen LogP contribution in [-0.2, 0) is 4.79 Å². The lowest BCUT2D eigenvalue weighted by molar-refractivity contribution is -0.119. The molecule has 2 heteroatoms. The predicted molar refractivity (Wildman–Crippen MR) is 62.6 cm³/mol. The molecule has 0 N–H and O–H groups in total. The van der Waals surface area contributed by atoms with Crippen molar-refractivity contribution in [2.24, 2.45) is 5.92 Å². The summed E-state index contributed by atoms with van der Waals surface area (Å²) in [5.41, 5.74) is 2.80. The molecule has 1 fully saturated rings. The van der Waals surface area contributed by atoms with Crippen LogP contribution in [0.25, 0.3) is 0 Å². The highest BCUT2D eigenvalue weighted by atomic mass is 16.1. The Morgan fingerprint density at radius 2 is 1.94 bits per heavy atom. The minimum absolute atomic E-state index is 0.0330. The predicted octanol–water partition coefficient (Wildman–Crippen LogP) is 2.86. The number of carbonyl (C=O) groups excluding carboxylic acids is 2. The summed E-state index contributed by atoms with van der Waals surface area (Å²) in [6, 6.07) is 5.73. The fourth-order valence-electron chi connectivity index (χ4n) is 1.93. The van der Waals surface area contributed by atoms with Crippen molar-refractivity contribution < 1.29 is 9.59 Å². The number of rotatable bonds is 4. The van der Waals surface area contributed by atoms with Crippen LogP contribution in [0.2, 0.25) is 0 Å². The quantitative estimate of drug-likeness (QED) is 0.573. The lowest BCUT2D eigenvalue weighted by Crippen LogP contribution is -2.10. The highest BCUT2D eigenvalue weighted by Gasteiger charge is 2.30. The first-order valence-corrected chi connectivity index (χ1v) is 5.71. The minimum atomic E-state index is -0.0330. The third kappa shape index (κ3) is 2.38. The van der Waals surface area contributed by atoms with Crippen LogP contribution >= 0.6 is 0 Å². The molecule has 2 nitrogen and oxygen atoms in total. The molecule has 0 spiro atoms. The topological polar surface area (TPSA) is 34.1 Å². The van der Waals surface area contributed by atoms with Gasteiger partial charge in [-0.1, -0.05) is 23.8 Å². The lowest BCUT2D eigenvalue weighted by atomic mass is 9.98. The molecule has 1 aliphatic rings. The van der Waals surface area contributed by atoms with Crippen LogP contribution in [0.1, 0.15) is 40.7 Å². The molecule has 84 valence electrons. The molecule has 0 saturated heterocycles. The van der Waals surface area contributed by atoms with Gasteiger partial charge in [0, 0.05) is 11.5 Å². The molecular weight excluding hydrogens is 200 g/mol. The second kappa shape index (κ2) is 4.20. The maximum atomic E-state index is 11.9. The average Bonchev–Trinajstić information content (AvgIpc) is 2.99. The van der Waals surface area contributed by atoms with Gasteiger partial charge in [0.2, 0.25) is 0 Å². The maximum Gasteiger partial charge on any atom is 0.170 e. The number of aryl methyl sites for hydroxylation is 2. The summed E-state index contributed by atoms with van der Waals surface area (Å²) < 4.78 is 0. The second-order valence-corrected chi connectivity index (χ2v) is 4.66. The Hall–Kier alpha value is -1.44. The molecule has 1 saturated carbocycles. The van der Waals surface area contributed by atoms with Gasteiger partial charge in [-0.15, -0.1) is 0 Å². The van der Waals surface area contributed by atoms with Crippen molar-refractivity contribution in [1.29, 1.82) is 0 Å². The smallest absolute Gasteiger partial charge is 0.170 e. The lowest BCUT2D eigenvalue weighted by Gasteiger charge is -2.05. The van der Waals surface area contributed by atoms with Gasteiger partial charge in [-0.05, 0) is 32.3 Å². The van der Waals surface area contributed by atoms with Crippen LogP contribution in [0.5, 0.6) is 0 Å². The van der Waals surface area contributed by atoms with E-state index in [0.717, 1.165) is 24.0 Å². The van der Waals surface area contributed by atoms with Gasteiger partial charge in [-0.25, -0.2) is 0 Å². The highest BCUT2D eigenvalue weighted by Crippen LogP contribution is 2.31. The van der Waals surface area contributed by atoms with Crippen molar-refractivity contribution in [2.45, 2.75) is 33.1 Å². The van der Waals surface area contributed by atoms with E-state index >= 15 is 0 Å². The van der Waals surface area contributed by atoms with Gasteiger partial charge < -0.3 is 0 Å². The Bertz CT molecular complexity index is 442. The number of carbonyl (C=O) groups is 2. The summed E-state index contributed by atoms with van der Waals surface area (Å²) in [6.45, 7) is 3.92. The molecule has 1 aromatic carbocycles. The van der Waals surface area contributed by atoms with Crippen LogP contribution in [0.3, 0.4) is 0 Å². The van der Waals surface area contributed by atoms with E-state index in [2.05, 4.69) is 0 Å². The second-order valence-electron chi connectivity index (χ2n) is 4.66. The minimum Gasteiger partial charge on any atom is -0.299 e. The van der Waals surface area contributed by atoms with Crippen molar-refractivity contribution in [2.75, 3.05) is 0 Å². The normalized spacial score (nSPS) is 14.9. The van der Waals surface area contributed by atoms with Crippen LogP contribution in [0.4, 0.5) is 0 Å². The zero-order chi connectivity index (χ0) is 11.7. The van der Waals surface area contributed by atoms with Crippen molar-refractivity contribution >= 4 is 11.6 Å². The Balaban J connectivity index is 2.10. The van der Waals surface area contributed by atoms with Crippen molar-refractivity contribution in [3.05, 3.63) is 34.9 Å².